The van der Waals surface area contributed by atoms with Crippen LogP contribution in [0.2, 0.25) is 0 Å². The first-order valence-electron chi connectivity index (χ1n) is 6.88. The third kappa shape index (κ3) is 4.79. The molecule has 0 unspecified atom stereocenters. The lowest BCUT2D eigenvalue weighted by Crippen LogP contribution is -2.12. The van der Waals surface area contributed by atoms with E-state index in [0.29, 0.717) is 18.1 Å². The van der Waals surface area contributed by atoms with Gasteiger partial charge in [0.05, 0.1) is 26.0 Å². The summed E-state index contributed by atoms with van der Waals surface area (Å²) in [6, 6.07) is 0. The smallest absolute Gasteiger partial charge is 0.342 e. The summed E-state index contributed by atoms with van der Waals surface area (Å²) in [5.41, 5.74) is 0.572. The Morgan fingerprint density at radius 2 is 2.22 bits per heavy atom. The highest BCUT2D eigenvalue weighted by atomic mass is 19.1. The summed E-state index contributed by atoms with van der Waals surface area (Å²) >= 11 is 0. The Morgan fingerprint density at radius 3 is 2.96 bits per heavy atom. The molecule has 2 heterocycles. The normalized spacial score (nSPS) is 11.0. The van der Waals surface area contributed by atoms with Crippen molar-refractivity contribution in [3.05, 3.63) is 34.0 Å². The van der Waals surface area contributed by atoms with Crippen LogP contribution in [0.4, 0.5) is 10.2 Å². The van der Waals surface area contributed by atoms with Crippen molar-refractivity contribution in [1.82, 2.24) is 24.5 Å². The lowest BCUT2D eigenvalue weighted by Gasteiger charge is -2.04. The second-order valence-corrected chi connectivity index (χ2v) is 4.60. The topological polar surface area (TPSA) is 110 Å². The quantitative estimate of drug-likeness (QED) is 0.361. The van der Waals surface area contributed by atoms with E-state index in [1.165, 1.54) is 15.4 Å². The Hall–Kier alpha value is -2.40. The van der Waals surface area contributed by atoms with Gasteiger partial charge in [0.25, 0.3) is 0 Å². The molecule has 2 aromatic rings. The number of aromatic nitrogens is 5. The molecule has 0 amide bonds. The molecule has 0 spiro atoms. The Morgan fingerprint density at radius 1 is 1.39 bits per heavy atom. The van der Waals surface area contributed by atoms with Crippen LogP contribution in [0.5, 0.6) is 0 Å². The van der Waals surface area contributed by atoms with E-state index >= 15 is 0 Å². The summed E-state index contributed by atoms with van der Waals surface area (Å²) in [6.45, 7) is 2.06. The third-order valence-corrected chi connectivity index (χ3v) is 2.96. The van der Waals surface area contributed by atoms with Crippen molar-refractivity contribution in [2.75, 3.05) is 19.9 Å². The first-order chi connectivity index (χ1) is 11.1. The number of halogens is 1. The minimum Gasteiger partial charge on any atom is -0.372 e. The molecule has 0 fully saturated rings. The zero-order valence-electron chi connectivity index (χ0n) is 12.6. The highest BCUT2D eigenvalue weighted by molar-refractivity contribution is 5.18. The summed E-state index contributed by atoms with van der Waals surface area (Å²) < 4.78 is 25.2. The zero-order chi connectivity index (χ0) is 16.7. The number of aryl methyl sites for hydroxylation is 1. The van der Waals surface area contributed by atoms with Crippen LogP contribution >= 0.6 is 0 Å². The SMILES string of the molecule is Cc1ncc([N+](=O)[O-])n1CCOCn1cc(COCCF)nn1. The summed E-state index contributed by atoms with van der Waals surface area (Å²) in [6.07, 6.45) is 2.85. The third-order valence-electron chi connectivity index (χ3n) is 2.96. The summed E-state index contributed by atoms with van der Waals surface area (Å²) in [4.78, 5) is 14.3. The number of hydrogen-bond donors (Lipinski definition) is 0. The molecule has 2 rings (SSSR count). The van der Waals surface area contributed by atoms with Crippen molar-refractivity contribution in [3.8, 4) is 0 Å². The molecule has 0 N–H and O–H groups in total. The van der Waals surface area contributed by atoms with E-state index in [1.807, 2.05) is 0 Å². The maximum atomic E-state index is 11.9. The molecule has 0 aromatic carbocycles. The van der Waals surface area contributed by atoms with Crippen molar-refractivity contribution in [2.45, 2.75) is 26.8 Å². The van der Waals surface area contributed by atoms with E-state index in [0.717, 1.165) is 0 Å². The minimum absolute atomic E-state index is 0.0202. The molecule has 0 bridgehead atoms. The highest BCUT2D eigenvalue weighted by Gasteiger charge is 2.16. The van der Waals surface area contributed by atoms with Crippen LogP contribution in [-0.4, -0.2) is 49.4 Å². The van der Waals surface area contributed by atoms with Gasteiger partial charge in [-0.05, 0) is 4.92 Å². The van der Waals surface area contributed by atoms with E-state index in [9.17, 15) is 14.5 Å². The fourth-order valence-electron chi connectivity index (χ4n) is 1.89. The van der Waals surface area contributed by atoms with Gasteiger partial charge in [0.1, 0.15) is 31.8 Å². The predicted octanol–water partition coefficient (Wildman–Crippen LogP) is 0.852. The van der Waals surface area contributed by atoms with Crippen LogP contribution < -0.4 is 0 Å². The van der Waals surface area contributed by atoms with Crippen LogP contribution in [0, 0.1) is 17.0 Å². The van der Waals surface area contributed by atoms with Gasteiger partial charge in [-0.25, -0.2) is 18.6 Å². The molecule has 10 nitrogen and oxygen atoms in total. The second kappa shape index (κ2) is 8.29. The summed E-state index contributed by atoms with van der Waals surface area (Å²) in [5, 5.41) is 18.5. The molecule has 0 aliphatic heterocycles. The van der Waals surface area contributed by atoms with Gasteiger partial charge in [0, 0.05) is 6.92 Å². The van der Waals surface area contributed by atoms with E-state index < -0.39 is 11.6 Å². The van der Waals surface area contributed by atoms with Crippen LogP contribution in [0.1, 0.15) is 11.5 Å². The largest absolute Gasteiger partial charge is 0.372 e. The molecule has 0 radical (unpaired) electrons. The van der Waals surface area contributed by atoms with Crippen molar-refractivity contribution in [2.24, 2.45) is 0 Å². The molecule has 11 heteroatoms. The van der Waals surface area contributed by atoms with Crippen LogP contribution in [-0.2, 0) is 29.4 Å². The summed E-state index contributed by atoms with van der Waals surface area (Å²) in [5.74, 6) is 0.479. The van der Waals surface area contributed by atoms with Gasteiger partial charge in [-0.1, -0.05) is 5.21 Å². The molecule has 0 aliphatic carbocycles. The Bertz CT molecular complexity index is 643. The van der Waals surface area contributed by atoms with Crippen molar-refractivity contribution in [1.29, 1.82) is 0 Å². The second-order valence-electron chi connectivity index (χ2n) is 4.60. The maximum Gasteiger partial charge on any atom is 0.342 e. The molecule has 0 aliphatic rings. The highest BCUT2D eigenvalue weighted by Crippen LogP contribution is 2.13. The maximum absolute atomic E-state index is 11.9. The molecule has 0 saturated carbocycles. The zero-order valence-corrected chi connectivity index (χ0v) is 12.6. The monoisotopic (exact) mass is 328 g/mol. The molecule has 23 heavy (non-hydrogen) atoms. The standard InChI is InChI=1S/C12H17FN6O4/c1-10-14-6-12(19(20)21)18(10)3-5-23-9-17-7-11(15-16-17)8-22-4-2-13/h6-7H,2-5,8-9H2,1H3. The van der Waals surface area contributed by atoms with Gasteiger partial charge in [-0.3, -0.25) is 0 Å². The van der Waals surface area contributed by atoms with Gasteiger partial charge in [-0.2, -0.15) is 0 Å². The fourth-order valence-corrected chi connectivity index (χ4v) is 1.89. The number of hydrogen-bond acceptors (Lipinski definition) is 7. The van der Waals surface area contributed by atoms with Gasteiger partial charge in [0.15, 0.2) is 5.82 Å². The Labute approximate surface area is 131 Å². The molecule has 0 saturated heterocycles. The first kappa shape index (κ1) is 17.0. The molecule has 0 atom stereocenters. The van der Waals surface area contributed by atoms with Crippen molar-refractivity contribution >= 4 is 5.82 Å². The van der Waals surface area contributed by atoms with E-state index in [1.54, 1.807) is 13.1 Å². The number of rotatable bonds is 10. The first-order valence-corrected chi connectivity index (χ1v) is 6.88. The lowest BCUT2D eigenvalue weighted by atomic mass is 10.5. The van der Waals surface area contributed by atoms with Gasteiger partial charge in [0.2, 0.25) is 0 Å². The average Bonchev–Trinajstić information content (AvgIpc) is 3.11. The van der Waals surface area contributed by atoms with Crippen LogP contribution in [0.25, 0.3) is 0 Å². The number of imidazole rings is 1. The Kier molecular flexibility index (Phi) is 6.11. The minimum atomic E-state index is -0.545. The summed E-state index contributed by atoms with van der Waals surface area (Å²) in [7, 11) is 0. The number of nitro groups is 1. The molecular weight excluding hydrogens is 311 g/mol. The van der Waals surface area contributed by atoms with Gasteiger partial charge < -0.3 is 19.6 Å². The molecular formula is C12H17FN6O4. The number of alkyl halides is 1. The predicted molar refractivity (Wildman–Crippen MR) is 75.2 cm³/mol. The molecule has 2 aromatic heterocycles. The van der Waals surface area contributed by atoms with Gasteiger partial charge >= 0.3 is 5.82 Å². The van der Waals surface area contributed by atoms with Crippen LogP contribution in [0.15, 0.2) is 12.4 Å². The van der Waals surface area contributed by atoms with E-state index in [2.05, 4.69) is 15.3 Å². The molecule has 126 valence electrons. The van der Waals surface area contributed by atoms with E-state index in [4.69, 9.17) is 9.47 Å². The van der Waals surface area contributed by atoms with Crippen molar-refractivity contribution in [3.63, 3.8) is 0 Å². The van der Waals surface area contributed by atoms with Crippen molar-refractivity contribution < 1.29 is 18.8 Å². The van der Waals surface area contributed by atoms with Gasteiger partial charge in [-0.15, -0.1) is 5.10 Å². The number of nitrogens with zero attached hydrogens (tertiary/aromatic N) is 6. The average molecular weight is 328 g/mol. The Balaban J connectivity index is 1.75. The van der Waals surface area contributed by atoms with Crippen LogP contribution in [0.3, 0.4) is 0 Å². The fraction of sp³-hybridized carbons (Fsp3) is 0.583. The lowest BCUT2D eigenvalue weighted by molar-refractivity contribution is -0.392. The van der Waals surface area contributed by atoms with E-state index in [-0.39, 0.29) is 32.4 Å². The number of ether oxygens (including phenoxy) is 2.